The summed E-state index contributed by atoms with van der Waals surface area (Å²) in [6.07, 6.45) is 10.6. The van der Waals surface area contributed by atoms with Gasteiger partial charge in [0.05, 0.1) is 17.3 Å². The fraction of sp³-hybridized carbons (Fsp3) is 0.286. The summed E-state index contributed by atoms with van der Waals surface area (Å²) in [6.45, 7) is 0. The molecule has 10 heteroatoms. The lowest BCUT2D eigenvalue weighted by atomic mass is 9.95. The molecule has 4 aromatic heterocycles. The maximum atomic E-state index is 13.1. The second-order valence-corrected chi connectivity index (χ2v) is 9.76. The number of carbonyl (C=O) groups is 2. The number of aliphatic carboxylic acids is 1. The van der Waals surface area contributed by atoms with Crippen LogP contribution in [0.4, 0.5) is 0 Å². The van der Waals surface area contributed by atoms with Crippen LogP contribution in [0.1, 0.15) is 54.2 Å². The first kappa shape index (κ1) is 23.8. The monoisotopic (exact) mass is 513 g/mol. The Balaban J connectivity index is 1.29. The molecule has 1 aliphatic rings. The number of imidazole rings is 1. The molecule has 6 rings (SSSR count). The third-order valence-electron chi connectivity index (χ3n) is 7.28. The topological polar surface area (TPSA) is 146 Å². The van der Waals surface area contributed by atoms with Crippen LogP contribution >= 0.6 is 0 Å². The zero-order valence-corrected chi connectivity index (χ0v) is 20.6. The van der Waals surface area contributed by atoms with Gasteiger partial charge in [0.25, 0.3) is 5.91 Å². The Morgan fingerprint density at radius 1 is 1.13 bits per heavy atom. The van der Waals surface area contributed by atoms with Crippen LogP contribution in [-0.4, -0.2) is 47.7 Å². The maximum absolute atomic E-state index is 13.1. The number of aromatic hydroxyl groups is 1. The third kappa shape index (κ3) is 4.38. The summed E-state index contributed by atoms with van der Waals surface area (Å²) in [5, 5.41) is 23.0. The standard InChI is InChI=1S/C28H27N5O5/c34-19-6-7-21-20(13-19)17(14-29-21)12-23(28(36)37)31-27(35)22-8-9-24-25(30-22)32-26(16-10-11-38-15-16)33(24)18-4-2-1-3-5-18/h6-11,13-15,18,23,29,34H,1-5,12H2,(H,31,35)(H,36,37). The summed E-state index contributed by atoms with van der Waals surface area (Å²) in [6, 6.07) is 9.23. The highest BCUT2D eigenvalue weighted by atomic mass is 16.4. The number of phenolic OH excluding ortho intramolecular Hbond substituents is 1. The van der Waals surface area contributed by atoms with E-state index in [1.807, 2.05) is 12.1 Å². The van der Waals surface area contributed by atoms with Gasteiger partial charge in [-0.1, -0.05) is 19.3 Å². The number of carboxylic acid groups (broad SMARTS) is 1. The number of aromatic nitrogens is 4. The summed E-state index contributed by atoms with van der Waals surface area (Å²) < 4.78 is 7.50. The smallest absolute Gasteiger partial charge is 0.326 e. The van der Waals surface area contributed by atoms with E-state index in [4.69, 9.17) is 9.40 Å². The Kier molecular flexibility index (Phi) is 6.07. The van der Waals surface area contributed by atoms with Crippen LogP contribution in [0.3, 0.4) is 0 Å². The number of hydrogen-bond donors (Lipinski definition) is 4. The Morgan fingerprint density at radius 3 is 2.74 bits per heavy atom. The largest absolute Gasteiger partial charge is 0.508 e. The van der Waals surface area contributed by atoms with Crippen molar-refractivity contribution in [2.24, 2.45) is 0 Å². The minimum atomic E-state index is -1.19. The zero-order valence-electron chi connectivity index (χ0n) is 20.6. The summed E-state index contributed by atoms with van der Waals surface area (Å²) in [5.41, 5.74) is 3.63. The second kappa shape index (κ2) is 9.70. The molecule has 194 valence electrons. The molecule has 1 aromatic carbocycles. The van der Waals surface area contributed by atoms with E-state index < -0.39 is 17.9 Å². The van der Waals surface area contributed by atoms with E-state index in [0.717, 1.165) is 48.1 Å². The number of nitrogens with one attached hydrogen (secondary N) is 2. The molecule has 0 aliphatic heterocycles. The van der Waals surface area contributed by atoms with Crippen molar-refractivity contribution in [1.29, 1.82) is 0 Å². The highest BCUT2D eigenvalue weighted by Gasteiger charge is 2.26. The van der Waals surface area contributed by atoms with Gasteiger partial charge in [-0.05, 0) is 54.8 Å². The average Bonchev–Trinajstić information content (AvgIpc) is 3.67. The van der Waals surface area contributed by atoms with Crippen LogP contribution in [0.15, 0.2) is 59.5 Å². The number of aromatic amines is 1. The van der Waals surface area contributed by atoms with E-state index in [0.29, 0.717) is 16.6 Å². The van der Waals surface area contributed by atoms with Crippen molar-refractivity contribution in [3.8, 4) is 17.1 Å². The fourth-order valence-corrected chi connectivity index (χ4v) is 5.40. The molecular formula is C28H27N5O5. The quantitative estimate of drug-likeness (QED) is 0.244. The number of carbonyl (C=O) groups excluding carboxylic acids is 1. The van der Waals surface area contributed by atoms with Gasteiger partial charge in [-0.2, -0.15) is 0 Å². The molecule has 0 radical (unpaired) electrons. The van der Waals surface area contributed by atoms with Crippen molar-refractivity contribution in [2.45, 2.75) is 50.6 Å². The molecule has 0 saturated heterocycles. The van der Waals surface area contributed by atoms with Crippen LogP contribution in [0, 0.1) is 0 Å². The van der Waals surface area contributed by atoms with Crippen LogP contribution < -0.4 is 5.32 Å². The molecule has 0 bridgehead atoms. The van der Waals surface area contributed by atoms with Crippen molar-refractivity contribution < 1.29 is 24.2 Å². The van der Waals surface area contributed by atoms with E-state index in [-0.39, 0.29) is 23.9 Å². The average molecular weight is 514 g/mol. The number of rotatable bonds is 7. The van der Waals surface area contributed by atoms with Gasteiger partial charge in [-0.15, -0.1) is 0 Å². The lowest BCUT2D eigenvalue weighted by molar-refractivity contribution is -0.139. The first-order valence-electron chi connectivity index (χ1n) is 12.7. The van der Waals surface area contributed by atoms with Gasteiger partial charge in [0.1, 0.15) is 29.6 Å². The van der Waals surface area contributed by atoms with Gasteiger partial charge in [0.15, 0.2) is 5.65 Å². The first-order valence-corrected chi connectivity index (χ1v) is 12.7. The number of pyridine rings is 1. The number of furan rings is 1. The van der Waals surface area contributed by atoms with Crippen molar-refractivity contribution in [1.82, 2.24) is 24.8 Å². The van der Waals surface area contributed by atoms with Crippen LogP contribution in [0.25, 0.3) is 33.5 Å². The molecule has 1 amide bonds. The van der Waals surface area contributed by atoms with E-state index in [1.54, 1.807) is 43.0 Å². The number of H-pyrrole nitrogens is 1. The predicted octanol–water partition coefficient (Wildman–Crippen LogP) is 4.81. The SMILES string of the molecule is O=C(NC(Cc1c[nH]c2ccc(O)cc12)C(=O)O)c1ccc2c(n1)nc(-c1ccoc1)n2C1CCCCC1. The van der Waals surface area contributed by atoms with E-state index in [1.165, 1.54) is 6.42 Å². The maximum Gasteiger partial charge on any atom is 0.326 e. The van der Waals surface area contributed by atoms with Gasteiger partial charge in [0.2, 0.25) is 0 Å². The van der Waals surface area contributed by atoms with Gasteiger partial charge >= 0.3 is 5.97 Å². The second-order valence-electron chi connectivity index (χ2n) is 9.76. The van der Waals surface area contributed by atoms with Gasteiger partial charge in [-0.25, -0.2) is 14.8 Å². The molecule has 1 atom stereocenters. The Bertz CT molecular complexity index is 1630. The molecular weight excluding hydrogens is 486 g/mol. The van der Waals surface area contributed by atoms with E-state index in [2.05, 4.69) is 19.9 Å². The number of hydrogen-bond acceptors (Lipinski definition) is 6. The minimum Gasteiger partial charge on any atom is -0.508 e. The van der Waals surface area contributed by atoms with Crippen molar-refractivity contribution in [3.05, 3.63) is 66.4 Å². The van der Waals surface area contributed by atoms with Crippen LogP contribution in [0.2, 0.25) is 0 Å². The number of carboxylic acids is 1. The molecule has 4 N–H and O–H groups in total. The lowest BCUT2D eigenvalue weighted by Gasteiger charge is -2.25. The van der Waals surface area contributed by atoms with Crippen molar-refractivity contribution >= 4 is 33.9 Å². The van der Waals surface area contributed by atoms with Gasteiger partial charge in [0, 0.05) is 29.6 Å². The summed E-state index contributed by atoms with van der Waals surface area (Å²) in [4.78, 5) is 37.5. The lowest BCUT2D eigenvalue weighted by Crippen LogP contribution is -2.42. The van der Waals surface area contributed by atoms with Crippen LogP contribution in [0.5, 0.6) is 5.75 Å². The molecule has 0 spiro atoms. The number of amides is 1. The zero-order chi connectivity index (χ0) is 26.2. The van der Waals surface area contributed by atoms with Crippen molar-refractivity contribution in [2.75, 3.05) is 0 Å². The summed E-state index contributed by atoms with van der Waals surface area (Å²) >= 11 is 0. The number of fused-ring (bicyclic) bond motifs is 2. The third-order valence-corrected chi connectivity index (χ3v) is 7.28. The molecule has 10 nitrogen and oxygen atoms in total. The molecule has 1 unspecified atom stereocenters. The summed E-state index contributed by atoms with van der Waals surface area (Å²) in [5.74, 6) is -0.942. The van der Waals surface area contributed by atoms with E-state index in [9.17, 15) is 19.8 Å². The summed E-state index contributed by atoms with van der Waals surface area (Å²) in [7, 11) is 0. The normalized spacial score (nSPS) is 15.2. The highest BCUT2D eigenvalue weighted by molar-refractivity contribution is 5.97. The Labute approximate surface area is 217 Å². The predicted molar refractivity (Wildman–Crippen MR) is 140 cm³/mol. The Hall–Kier alpha value is -4.60. The van der Waals surface area contributed by atoms with Gasteiger partial charge < -0.3 is 29.5 Å². The fourth-order valence-electron chi connectivity index (χ4n) is 5.40. The number of phenols is 1. The number of benzene rings is 1. The molecule has 1 aliphatic carbocycles. The van der Waals surface area contributed by atoms with Crippen LogP contribution in [-0.2, 0) is 11.2 Å². The Morgan fingerprint density at radius 2 is 1.97 bits per heavy atom. The van der Waals surface area contributed by atoms with E-state index >= 15 is 0 Å². The minimum absolute atomic E-state index is 0.0354. The van der Waals surface area contributed by atoms with Crippen molar-refractivity contribution in [3.63, 3.8) is 0 Å². The molecule has 1 saturated carbocycles. The number of nitrogens with zero attached hydrogens (tertiary/aromatic N) is 3. The molecule has 4 heterocycles. The highest BCUT2D eigenvalue weighted by Crippen LogP contribution is 2.35. The molecule has 1 fully saturated rings. The van der Waals surface area contributed by atoms with Gasteiger partial charge in [-0.3, -0.25) is 4.79 Å². The molecule has 38 heavy (non-hydrogen) atoms. The first-order chi connectivity index (χ1) is 18.5. The molecule has 5 aromatic rings.